The summed E-state index contributed by atoms with van der Waals surface area (Å²) in [6.45, 7) is 4.85. The van der Waals surface area contributed by atoms with E-state index in [-0.39, 0.29) is 11.8 Å². The first-order valence-corrected chi connectivity index (χ1v) is 7.60. The van der Waals surface area contributed by atoms with Gasteiger partial charge in [-0.05, 0) is 30.6 Å². The molecule has 1 amide bonds. The Balaban J connectivity index is 2.06. The molecule has 3 unspecified atom stereocenters. The average Bonchev–Trinajstić information content (AvgIpc) is 2.94. The molecule has 1 heterocycles. The van der Waals surface area contributed by atoms with E-state index in [0.29, 0.717) is 24.8 Å². The van der Waals surface area contributed by atoms with Gasteiger partial charge in [0.1, 0.15) is 6.04 Å². The Hall–Kier alpha value is -1.06. The van der Waals surface area contributed by atoms with Crippen LogP contribution in [0.4, 0.5) is 0 Å². The molecule has 2 aliphatic rings. The molecule has 4 nitrogen and oxygen atoms in total. The highest BCUT2D eigenvalue weighted by Crippen LogP contribution is 2.42. The fourth-order valence-electron chi connectivity index (χ4n) is 3.82. The number of aliphatic carboxylic acids is 1. The molecular weight excluding hydrogens is 242 g/mol. The SMILES string of the molecule is CCC(CC)CC(=O)N1CC2CCCC2C1C(=O)O. The highest BCUT2D eigenvalue weighted by atomic mass is 16.4. The van der Waals surface area contributed by atoms with Crippen LogP contribution in [0.15, 0.2) is 0 Å². The fourth-order valence-corrected chi connectivity index (χ4v) is 3.82. The number of hydrogen-bond acceptors (Lipinski definition) is 2. The van der Waals surface area contributed by atoms with Crippen LogP contribution in [0, 0.1) is 17.8 Å². The lowest BCUT2D eigenvalue weighted by atomic mass is 9.94. The van der Waals surface area contributed by atoms with Gasteiger partial charge in [-0.1, -0.05) is 33.1 Å². The number of rotatable bonds is 5. The normalized spacial score (nSPS) is 29.8. The first kappa shape index (κ1) is 14.4. The van der Waals surface area contributed by atoms with E-state index in [1.165, 1.54) is 0 Å². The molecular formula is C15H25NO3. The molecule has 3 atom stereocenters. The minimum absolute atomic E-state index is 0.0514. The number of carboxylic acids is 1. The molecule has 0 spiro atoms. The summed E-state index contributed by atoms with van der Waals surface area (Å²) in [5.41, 5.74) is 0. The molecule has 2 rings (SSSR count). The Morgan fingerprint density at radius 2 is 1.95 bits per heavy atom. The lowest BCUT2D eigenvalue weighted by Gasteiger charge is -2.26. The minimum atomic E-state index is -0.813. The fraction of sp³-hybridized carbons (Fsp3) is 0.867. The van der Waals surface area contributed by atoms with Crippen LogP contribution >= 0.6 is 0 Å². The summed E-state index contributed by atoms with van der Waals surface area (Å²) in [4.78, 5) is 25.5. The number of amides is 1. The molecule has 0 aromatic heterocycles. The van der Waals surface area contributed by atoms with Gasteiger partial charge in [-0.15, -0.1) is 0 Å². The van der Waals surface area contributed by atoms with Crippen molar-refractivity contribution in [1.82, 2.24) is 4.90 Å². The first-order chi connectivity index (χ1) is 9.08. The average molecular weight is 267 g/mol. The van der Waals surface area contributed by atoms with Crippen molar-refractivity contribution < 1.29 is 14.7 Å². The van der Waals surface area contributed by atoms with Crippen LogP contribution in [0.2, 0.25) is 0 Å². The van der Waals surface area contributed by atoms with Crippen LogP contribution in [0.5, 0.6) is 0 Å². The minimum Gasteiger partial charge on any atom is -0.480 e. The molecule has 1 saturated heterocycles. The molecule has 1 aliphatic heterocycles. The largest absolute Gasteiger partial charge is 0.480 e. The predicted octanol–water partition coefficient (Wildman–Crippen LogP) is 2.52. The number of fused-ring (bicyclic) bond motifs is 1. The molecule has 108 valence electrons. The summed E-state index contributed by atoms with van der Waals surface area (Å²) in [5.74, 6) is 0.250. The van der Waals surface area contributed by atoms with Crippen molar-refractivity contribution in [3.63, 3.8) is 0 Å². The van der Waals surface area contributed by atoms with Crippen LogP contribution in [0.1, 0.15) is 52.4 Å². The van der Waals surface area contributed by atoms with Crippen LogP contribution < -0.4 is 0 Å². The summed E-state index contributed by atoms with van der Waals surface area (Å²) < 4.78 is 0. The van der Waals surface area contributed by atoms with Gasteiger partial charge in [-0.3, -0.25) is 4.79 Å². The second-order valence-electron chi connectivity index (χ2n) is 6.07. The number of likely N-dealkylation sites (tertiary alicyclic amines) is 1. The van der Waals surface area contributed by atoms with Gasteiger partial charge in [0, 0.05) is 13.0 Å². The van der Waals surface area contributed by atoms with Crippen LogP contribution in [-0.4, -0.2) is 34.5 Å². The second kappa shape index (κ2) is 5.93. The van der Waals surface area contributed by atoms with E-state index in [9.17, 15) is 14.7 Å². The van der Waals surface area contributed by atoms with Gasteiger partial charge < -0.3 is 10.0 Å². The van der Waals surface area contributed by atoms with E-state index in [0.717, 1.165) is 32.1 Å². The topological polar surface area (TPSA) is 57.6 Å². The van der Waals surface area contributed by atoms with E-state index in [4.69, 9.17) is 0 Å². The lowest BCUT2D eigenvalue weighted by Crippen LogP contribution is -2.43. The van der Waals surface area contributed by atoms with E-state index in [1.807, 2.05) is 0 Å². The highest BCUT2D eigenvalue weighted by Gasteiger charge is 2.49. The molecule has 0 radical (unpaired) electrons. The summed E-state index contributed by atoms with van der Waals surface area (Å²) in [7, 11) is 0. The number of carbonyl (C=O) groups excluding carboxylic acids is 1. The number of hydrogen-bond donors (Lipinski definition) is 1. The van der Waals surface area contributed by atoms with Gasteiger partial charge in [-0.25, -0.2) is 4.79 Å². The Morgan fingerprint density at radius 3 is 2.53 bits per heavy atom. The Kier molecular flexibility index (Phi) is 4.48. The monoisotopic (exact) mass is 267 g/mol. The second-order valence-corrected chi connectivity index (χ2v) is 6.07. The van der Waals surface area contributed by atoms with Crippen molar-refractivity contribution in [3.05, 3.63) is 0 Å². The Bertz CT molecular complexity index is 351. The van der Waals surface area contributed by atoms with Crippen molar-refractivity contribution in [1.29, 1.82) is 0 Å². The predicted molar refractivity (Wildman–Crippen MR) is 72.7 cm³/mol. The zero-order valence-corrected chi connectivity index (χ0v) is 12.0. The van der Waals surface area contributed by atoms with Crippen molar-refractivity contribution in [2.45, 2.75) is 58.4 Å². The Morgan fingerprint density at radius 1 is 1.26 bits per heavy atom. The third-order valence-corrected chi connectivity index (χ3v) is 5.08. The van der Waals surface area contributed by atoms with E-state index in [2.05, 4.69) is 13.8 Å². The van der Waals surface area contributed by atoms with Crippen molar-refractivity contribution in [2.24, 2.45) is 17.8 Å². The van der Waals surface area contributed by atoms with Gasteiger partial charge in [0.25, 0.3) is 0 Å². The Labute approximate surface area is 115 Å². The lowest BCUT2D eigenvalue weighted by molar-refractivity contribution is -0.150. The highest BCUT2D eigenvalue weighted by molar-refractivity contribution is 5.85. The smallest absolute Gasteiger partial charge is 0.326 e. The summed E-state index contributed by atoms with van der Waals surface area (Å²) >= 11 is 0. The number of carboxylic acid groups (broad SMARTS) is 1. The molecule has 2 fully saturated rings. The molecule has 4 heteroatoms. The third kappa shape index (κ3) is 2.77. The summed E-state index contributed by atoms with van der Waals surface area (Å²) in [5, 5.41) is 9.43. The molecule has 0 aromatic carbocycles. The first-order valence-electron chi connectivity index (χ1n) is 7.60. The van der Waals surface area contributed by atoms with Crippen LogP contribution in [0.25, 0.3) is 0 Å². The van der Waals surface area contributed by atoms with Gasteiger partial charge in [0.2, 0.25) is 5.91 Å². The number of nitrogens with zero attached hydrogens (tertiary/aromatic N) is 1. The van der Waals surface area contributed by atoms with Crippen molar-refractivity contribution in [3.8, 4) is 0 Å². The van der Waals surface area contributed by atoms with E-state index in [1.54, 1.807) is 4.90 Å². The molecule has 1 saturated carbocycles. The molecule has 0 aromatic rings. The van der Waals surface area contributed by atoms with Gasteiger partial charge in [-0.2, -0.15) is 0 Å². The van der Waals surface area contributed by atoms with Crippen molar-refractivity contribution >= 4 is 11.9 Å². The maximum Gasteiger partial charge on any atom is 0.326 e. The maximum absolute atomic E-state index is 12.4. The van der Waals surface area contributed by atoms with Gasteiger partial charge in [0.15, 0.2) is 0 Å². The van der Waals surface area contributed by atoms with E-state index < -0.39 is 12.0 Å². The van der Waals surface area contributed by atoms with Crippen LogP contribution in [0.3, 0.4) is 0 Å². The van der Waals surface area contributed by atoms with Gasteiger partial charge in [0.05, 0.1) is 0 Å². The maximum atomic E-state index is 12.4. The summed E-state index contributed by atoms with van der Waals surface area (Å²) in [6.07, 6.45) is 5.66. The quantitative estimate of drug-likeness (QED) is 0.832. The molecule has 1 aliphatic carbocycles. The third-order valence-electron chi connectivity index (χ3n) is 5.08. The van der Waals surface area contributed by atoms with Crippen LogP contribution in [-0.2, 0) is 9.59 Å². The summed E-state index contributed by atoms with van der Waals surface area (Å²) in [6, 6.07) is -0.561. The molecule has 19 heavy (non-hydrogen) atoms. The molecule has 1 N–H and O–H groups in total. The van der Waals surface area contributed by atoms with Gasteiger partial charge >= 0.3 is 5.97 Å². The molecule has 0 bridgehead atoms. The standard InChI is InChI=1S/C15H25NO3/c1-3-10(4-2)8-13(17)16-9-11-6-5-7-12(11)14(16)15(18)19/h10-12,14H,3-9H2,1-2H3,(H,18,19). The zero-order valence-electron chi connectivity index (χ0n) is 12.0. The number of carbonyl (C=O) groups is 2. The van der Waals surface area contributed by atoms with E-state index >= 15 is 0 Å². The zero-order chi connectivity index (χ0) is 14.0. The van der Waals surface area contributed by atoms with Crippen molar-refractivity contribution in [2.75, 3.05) is 6.54 Å².